The lowest BCUT2D eigenvalue weighted by Crippen LogP contribution is -2.34. The Morgan fingerprint density at radius 3 is 2.64 bits per heavy atom. The minimum Gasteiger partial charge on any atom is -0.492 e. The molecule has 3 rings (SSSR count). The van der Waals surface area contributed by atoms with Crippen LogP contribution in [0.3, 0.4) is 0 Å². The van der Waals surface area contributed by atoms with Gasteiger partial charge >= 0.3 is 0 Å². The second kappa shape index (κ2) is 8.62. The summed E-state index contributed by atoms with van der Waals surface area (Å²) in [5, 5.41) is 0.440. The molecule has 0 unspecified atom stereocenters. The van der Waals surface area contributed by atoms with Crippen molar-refractivity contribution in [1.82, 2.24) is 14.5 Å². The van der Waals surface area contributed by atoms with E-state index in [9.17, 15) is 14.0 Å². The molecule has 2 aromatic carbocycles. The summed E-state index contributed by atoms with van der Waals surface area (Å²) in [7, 11) is 1.85. The van der Waals surface area contributed by atoms with Crippen LogP contribution >= 0.6 is 0 Å². The number of hydrogen-bond donors (Lipinski definition) is 1. The normalized spacial score (nSPS) is 11.1. The molecule has 0 radical (unpaired) electrons. The van der Waals surface area contributed by atoms with E-state index in [4.69, 9.17) is 10.5 Å². The zero-order valence-electron chi connectivity index (χ0n) is 15.5. The van der Waals surface area contributed by atoms with Gasteiger partial charge in [0.05, 0.1) is 17.4 Å². The zero-order valence-corrected chi connectivity index (χ0v) is 15.5. The van der Waals surface area contributed by atoms with Crippen molar-refractivity contribution in [2.24, 2.45) is 5.73 Å². The predicted octanol–water partition coefficient (Wildman–Crippen LogP) is 1.53. The largest absolute Gasteiger partial charge is 0.492 e. The molecule has 0 fully saturated rings. The van der Waals surface area contributed by atoms with Gasteiger partial charge in [-0.2, -0.15) is 0 Å². The highest BCUT2D eigenvalue weighted by molar-refractivity contribution is 5.78. The fraction of sp³-hybridized carbons (Fsp3) is 0.250. The smallest absolute Gasteiger partial charge is 0.261 e. The Bertz CT molecular complexity index is 1030. The molecule has 0 saturated heterocycles. The fourth-order valence-corrected chi connectivity index (χ4v) is 2.82. The third kappa shape index (κ3) is 4.72. The summed E-state index contributed by atoms with van der Waals surface area (Å²) in [6.45, 7) is 1.01. The number of nitrogens with zero attached hydrogens (tertiary/aromatic N) is 3. The van der Waals surface area contributed by atoms with Gasteiger partial charge in [0, 0.05) is 6.54 Å². The molecule has 1 aromatic heterocycles. The summed E-state index contributed by atoms with van der Waals surface area (Å²) in [6.07, 6.45) is 0. The van der Waals surface area contributed by atoms with Crippen molar-refractivity contribution in [3.8, 4) is 5.75 Å². The van der Waals surface area contributed by atoms with Gasteiger partial charge in [-0.05, 0) is 43.4 Å². The molecule has 0 spiro atoms. The van der Waals surface area contributed by atoms with Crippen LogP contribution in [-0.4, -0.2) is 40.6 Å². The summed E-state index contributed by atoms with van der Waals surface area (Å²) < 4.78 is 19.8. The van der Waals surface area contributed by atoms with Crippen molar-refractivity contribution in [3.05, 3.63) is 70.5 Å². The molecular formula is C20H21FN4O3. The Hall–Kier alpha value is -3.26. The van der Waals surface area contributed by atoms with E-state index in [0.717, 1.165) is 0 Å². The van der Waals surface area contributed by atoms with Crippen LogP contribution in [0.2, 0.25) is 0 Å². The van der Waals surface area contributed by atoms with Crippen LogP contribution in [0.4, 0.5) is 4.39 Å². The molecule has 8 heteroatoms. The topological polar surface area (TPSA) is 90.4 Å². The van der Waals surface area contributed by atoms with Gasteiger partial charge in [0.25, 0.3) is 5.56 Å². The molecule has 1 heterocycles. The van der Waals surface area contributed by atoms with Gasteiger partial charge in [-0.1, -0.05) is 12.1 Å². The van der Waals surface area contributed by atoms with E-state index >= 15 is 0 Å². The standard InChI is InChI=1S/C20H21FN4O3/c1-24(10-11-28-15-8-6-14(21)7-9-15)13-19-23-17-5-3-2-4-16(17)20(27)25(19)12-18(22)26/h2-9H,10-13H2,1H3,(H2,22,26). The van der Waals surface area contributed by atoms with Gasteiger partial charge in [0.15, 0.2) is 0 Å². The molecule has 0 saturated carbocycles. The molecule has 0 aliphatic heterocycles. The molecule has 0 aliphatic carbocycles. The van der Waals surface area contributed by atoms with Crippen molar-refractivity contribution in [2.45, 2.75) is 13.1 Å². The van der Waals surface area contributed by atoms with Crippen molar-refractivity contribution < 1.29 is 13.9 Å². The van der Waals surface area contributed by atoms with E-state index in [1.165, 1.54) is 16.7 Å². The van der Waals surface area contributed by atoms with E-state index in [-0.39, 0.29) is 17.9 Å². The first-order valence-corrected chi connectivity index (χ1v) is 8.77. The number of benzene rings is 2. The summed E-state index contributed by atoms with van der Waals surface area (Å²) in [6, 6.07) is 12.8. The molecule has 7 nitrogen and oxygen atoms in total. The molecular weight excluding hydrogens is 363 g/mol. The minimum atomic E-state index is -0.609. The van der Waals surface area contributed by atoms with Crippen LogP contribution in [0.25, 0.3) is 10.9 Å². The number of rotatable bonds is 8. The van der Waals surface area contributed by atoms with Crippen LogP contribution in [0.15, 0.2) is 53.3 Å². The number of hydrogen-bond acceptors (Lipinski definition) is 5. The quantitative estimate of drug-likeness (QED) is 0.636. The maximum Gasteiger partial charge on any atom is 0.261 e. The summed E-state index contributed by atoms with van der Waals surface area (Å²) in [4.78, 5) is 30.6. The monoisotopic (exact) mass is 384 g/mol. The molecule has 28 heavy (non-hydrogen) atoms. The molecule has 0 aliphatic rings. The maximum atomic E-state index is 12.9. The first kappa shape index (κ1) is 19.5. The number of fused-ring (bicyclic) bond motifs is 1. The molecule has 3 aromatic rings. The van der Waals surface area contributed by atoms with Gasteiger partial charge < -0.3 is 10.5 Å². The summed E-state index contributed by atoms with van der Waals surface area (Å²) >= 11 is 0. The third-order valence-electron chi connectivity index (χ3n) is 4.22. The third-order valence-corrected chi connectivity index (χ3v) is 4.22. The van der Waals surface area contributed by atoms with E-state index in [1.54, 1.807) is 36.4 Å². The van der Waals surface area contributed by atoms with Crippen LogP contribution < -0.4 is 16.0 Å². The number of likely N-dealkylation sites (N-methyl/N-ethyl adjacent to an activating group) is 1. The van der Waals surface area contributed by atoms with Crippen LogP contribution in [0, 0.1) is 5.82 Å². The predicted molar refractivity (Wildman–Crippen MR) is 103 cm³/mol. The molecule has 0 atom stereocenters. The van der Waals surface area contributed by atoms with Crippen LogP contribution in [0.1, 0.15) is 5.82 Å². The Morgan fingerprint density at radius 2 is 1.93 bits per heavy atom. The van der Waals surface area contributed by atoms with E-state index in [1.807, 2.05) is 11.9 Å². The first-order chi connectivity index (χ1) is 13.4. The van der Waals surface area contributed by atoms with Gasteiger partial charge in [-0.25, -0.2) is 9.37 Å². The first-order valence-electron chi connectivity index (χ1n) is 8.77. The zero-order chi connectivity index (χ0) is 20.1. The number of primary amides is 1. The number of aromatic nitrogens is 2. The Kier molecular flexibility index (Phi) is 6.00. The number of nitrogens with two attached hydrogens (primary N) is 1. The van der Waals surface area contributed by atoms with Gasteiger partial charge in [0.1, 0.15) is 30.5 Å². The van der Waals surface area contributed by atoms with E-state index in [0.29, 0.717) is 42.2 Å². The van der Waals surface area contributed by atoms with Crippen molar-refractivity contribution >= 4 is 16.8 Å². The lowest BCUT2D eigenvalue weighted by Gasteiger charge is -2.19. The summed E-state index contributed by atoms with van der Waals surface area (Å²) in [5.41, 5.74) is 5.58. The van der Waals surface area contributed by atoms with Gasteiger partial charge in [0.2, 0.25) is 5.91 Å². The van der Waals surface area contributed by atoms with E-state index < -0.39 is 5.91 Å². The SMILES string of the molecule is CN(CCOc1ccc(F)cc1)Cc1nc2ccccc2c(=O)n1CC(N)=O. The highest BCUT2D eigenvalue weighted by Gasteiger charge is 2.14. The van der Waals surface area contributed by atoms with Gasteiger partial charge in [-0.3, -0.25) is 19.1 Å². The molecule has 0 bridgehead atoms. The Morgan fingerprint density at radius 1 is 1.21 bits per heavy atom. The average molecular weight is 384 g/mol. The van der Waals surface area contributed by atoms with Crippen molar-refractivity contribution in [2.75, 3.05) is 20.2 Å². The van der Waals surface area contributed by atoms with Crippen LogP contribution in [0.5, 0.6) is 5.75 Å². The Labute approximate surface area is 161 Å². The molecule has 2 N–H and O–H groups in total. The highest BCUT2D eigenvalue weighted by Crippen LogP contribution is 2.12. The number of amides is 1. The second-order valence-corrected chi connectivity index (χ2v) is 6.44. The van der Waals surface area contributed by atoms with E-state index in [2.05, 4.69) is 4.98 Å². The molecule has 146 valence electrons. The number of ether oxygens (including phenoxy) is 1. The number of carbonyl (C=O) groups excluding carboxylic acids is 1. The molecule has 1 amide bonds. The maximum absolute atomic E-state index is 12.9. The highest BCUT2D eigenvalue weighted by atomic mass is 19.1. The lowest BCUT2D eigenvalue weighted by molar-refractivity contribution is -0.118. The fourth-order valence-electron chi connectivity index (χ4n) is 2.82. The van der Waals surface area contributed by atoms with Crippen LogP contribution in [-0.2, 0) is 17.9 Å². The van der Waals surface area contributed by atoms with Crippen molar-refractivity contribution in [3.63, 3.8) is 0 Å². The van der Waals surface area contributed by atoms with Gasteiger partial charge in [-0.15, -0.1) is 0 Å². The Balaban J connectivity index is 1.73. The second-order valence-electron chi connectivity index (χ2n) is 6.44. The number of carbonyl (C=O) groups is 1. The summed E-state index contributed by atoms with van der Waals surface area (Å²) in [5.74, 6) is 0.0954. The number of para-hydroxylation sites is 1. The van der Waals surface area contributed by atoms with Crippen molar-refractivity contribution in [1.29, 1.82) is 0 Å². The lowest BCUT2D eigenvalue weighted by atomic mass is 10.2. The minimum absolute atomic E-state index is 0.230. The average Bonchev–Trinajstić information content (AvgIpc) is 2.66. The number of halogens is 1.